The number of methoxy groups -OCH3 is 1. The molecule has 0 fully saturated rings. The minimum Gasteiger partial charge on any atom is -0.460 e. The number of esters is 2. The number of hydrogen-bond acceptors (Lipinski definition) is 7. The molecule has 0 radical (unpaired) electrons. The van der Waals surface area contributed by atoms with Crippen molar-refractivity contribution in [3.05, 3.63) is 99.9 Å². The number of benzene rings is 2. The molecule has 1 aliphatic heterocycles. The number of ketones is 1. The van der Waals surface area contributed by atoms with Gasteiger partial charge >= 0.3 is 11.9 Å². The van der Waals surface area contributed by atoms with Crippen LogP contribution < -0.4 is 5.32 Å². The highest BCUT2D eigenvalue weighted by molar-refractivity contribution is 6.00. The molecule has 3 rings (SSSR count). The monoisotopic (exact) mass is 489 g/mol. The van der Waals surface area contributed by atoms with E-state index in [1.165, 1.54) is 14.0 Å². The van der Waals surface area contributed by atoms with Crippen LogP contribution in [-0.4, -0.2) is 44.7 Å². The Bertz CT molecular complexity index is 1210. The highest BCUT2D eigenvalue weighted by Gasteiger charge is 2.38. The molecule has 188 valence electrons. The Balaban J connectivity index is 1.94. The third-order valence-corrected chi connectivity index (χ3v) is 5.77. The van der Waals surface area contributed by atoms with Crippen LogP contribution in [-0.2, 0) is 23.8 Å². The average molecular weight is 490 g/mol. The van der Waals surface area contributed by atoms with Crippen LogP contribution in [0.3, 0.4) is 0 Å². The summed E-state index contributed by atoms with van der Waals surface area (Å²) in [5.74, 6) is -2.03. The lowest BCUT2D eigenvalue weighted by molar-refractivity contribution is -0.140. The largest absolute Gasteiger partial charge is 0.460 e. The number of rotatable bonds is 10. The van der Waals surface area contributed by atoms with Gasteiger partial charge in [-0.05, 0) is 44.0 Å². The van der Waals surface area contributed by atoms with Crippen molar-refractivity contribution in [2.75, 3.05) is 26.9 Å². The number of Topliss-reactive ketones (excluding diaryl/α,β-unsaturated/α-hetero) is 1. The van der Waals surface area contributed by atoms with E-state index in [4.69, 9.17) is 14.2 Å². The molecule has 0 bridgehead atoms. The van der Waals surface area contributed by atoms with Crippen LogP contribution in [0.25, 0.3) is 6.08 Å². The first kappa shape index (κ1) is 26.6. The van der Waals surface area contributed by atoms with Crippen LogP contribution in [0.15, 0.2) is 83.2 Å². The predicted molar refractivity (Wildman–Crippen MR) is 137 cm³/mol. The van der Waals surface area contributed by atoms with Gasteiger partial charge in [0, 0.05) is 24.1 Å². The third kappa shape index (κ3) is 6.58. The minimum absolute atomic E-state index is 0.0566. The molecule has 0 amide bonds. The molecule has 0 aromatic heterocycles. The van der Waals surface area contributed by atoms with Crippen LogP contribution in [0.1, 0.15) is 48.2 Å². The van der Waals surface area contributed by atoms with E-state index in [0.29, 0.717) is 22.5 Å². The van der Waals surface area contributed by atoms with Gasteiger partial charge in [-0.1, -0.05) is 54.6 Å². The fraction of sp³-hybridized carbons (Fsp3) is 0.276. The molecule has 7 heteroatoms. The molecule has 1 atom stereocenters. The van der Waals surface area contributed by atoms with Gasteiger partial charge < -0.3 is 19.5 Å². The molecule has 0 saturated heterocycles. The van der Waals surface area contributed by atoms with Crippen molar-refractivity contribution >= 4 is 23.8 Å². The van der Waals surface area contributed by atoms with Gasteiger partial charge in [0.2, 0.25) is 0 Å². The van der Waals surface area contributed by atoms with Gasteiger partial charge in [0.1, 0.15) is 13.2 Å². The fourth-order valence-corrected chi connectivity index (χ4v) is 4.05. The topological polar surface area (TPSA) is 90.9 Å². The molecular formula is C29H31NO6. The molecule has 2 aromatic carbocycles. The van der Waals surface area contributed by atoms with E-state index >= 15 is 0 Å². The van der Waals surface area contributed by atoms with Gasteiger partial charge in [0.05, 0.1) is 23.7 Å². The first-order chi connectivity index (χ1) is 17.3. The standard InChI is InChI=1S/C29H31NO6/c1-19-25(28(32)35-15-9-12-22-10-6-5-7-11-22)27(24-14-8-13-23(18-24)21(3)31)26(20(2)30-19)29(33)36-17-16-34-4/h5-14,18,27,30H,15-17H2,1-4H3/b12-9+. The minimum atomic E-state index is -0.772. The normalized spacial score (nSPS) is 15.6. The van der Waals surface area contributed by atoms with E-state index in [9.17, 15) is 14.4 Å². The van der Waals surface area contributed by atoms with Crippen molar-refractivity contribution in [1.82, 2.24) is 5.32 Å². The third-order valence-electron chi connectivity index (χ3n) is 5.77. The van der Waals surface area contributed by atoms with Crippen molar-refractivity contribution < 1.29 is 28.6 Å². The summed E-state index contributed by atoms with van der Waals surface area (Å²) < 4.78 is 16.0. The molecule has 0 saturated carbocycles. The lowest BCUT2D eigenvalue weighted by Crippen LogP contribution is -2.33. The lowest BCUT2D eigenvalue weighted by atomic mass is 9.80. The maximum Gasteiger partial charge on any atom is 0.337 e. The number of allylic oxidation sites excluding steroid dienone is 2. The Hall–Kier alpha value is -3.97. The van der Waals surface area contributed by atoms with Crippen molar-refractivity contribution in [1.29, 1.82) is 0 Å². The Morgan fingerprint density at radius 3 is 2.19 bits per heavy atom. The highest BCUT2D eigenvalue weighted by Crippen LogP contribution is 2.39. The zero-order valence-electron chi connectivity index (χ0n) is 21.0. The van der Waals surface area contributed by atoms with Crippen LogP contribution in [0.5, 0.6) is 0 Å². The summed E-state index contributed by atoms with van der Waals surface area (Å²) in [6, 6.07) is 16.6. The second-order valence-corrected chi connectivity index (χ2v) is 8.36. The first-order valence-electron chi connectivity index (χ1n) is 11.7. The summed E-state index contributed by atoms with van der Waals surface area (Å²) in [4.78, 5) is 38.6. The van der Waals surface area contributed by atoms with E-state index in [-0.39, 0.29) is 36.8 Å². The maximum absolute atomic E-state index is 13.3. The second kappa shape index (κ2) is 12.7. The molecular weight excluding hydrogens is 458 g/mol. The number of ether oxygens (including phenoxy) is 3. The second-order valence-electron chi connectivity index (χ2n) is 8.36. The number of carbonyl (C=O) groups is 3. The van der Waals surface area contributed by atoms with Crippen LogP contribution in [0.2, 0.25) is 0 Å². The van der Waals surface area contributed by atoms with E-state index in [0.717, 1.165) is 5.56 Å². The lowest BCUT2D eigenvalue weighted by Gasteiger charge is -2.30. The molecule has 0 spiro atoms. The molecule has 7 nitrogen and oxygen atoms in total. The molecule has 1 N–H and O–H groups in total. The summed E-state index contributed by atoms with van der Waals surface area (Å²) in [5, 5.41) is 3.13. The van der Waals surface area contributed by atoms with Gasteiger partial charge in [0.25, 0.3) is 0 Å². The SMILES string of the molecule is COCCOC(=O)C1=C(C)NC(C)=C(C(=O)OC/C=C/c2ccccc2)C1c1cccc(C(C)=O)c1. The summed E-state index contributed by atoms with van der Waals surface area (Å²) in [6.45, 7) is 5.35. The van der Waals surface area contributed by atoms with Crippen LogP contribution >= 0.6 is 0 Å². The molecule has 1 aliphatic rings. The van der Waals surface area contributed by atoms with Crippen LogP contribution in [0, 0.1) is 0 Å². The summed E-state index contributed by atoms with van der Waals surface area (Å²) in [6.07, 6.45) is 3.62. The van der Waals surface area contributed by atoms with Gasteiger partial charge in [-0.25, -0.2) is 9.59 Å². The quantitative estimate of drug-likeness (QED) is 0.297. The van der Waals surface area contributed by atoms with Crippen molar-refractivity contribution in [3.63, 3.8) is 0 Å². The number of carbonyl (C=O) groups excluding carboxylic acids is 3. The molecule has 2 aromatic rings. The Morgan fingerprint density at radius 2 is 1.56 bits per heavy atom. The Morgan fingerprint density at radius 1 is 0.889 bits per heavy atom. The van der Waals surface area contributed by atoms with E-state index in [1.54, 1.807) is 44.2 Å². The molecule has 0 aliphatic carbocycles. The van der Waals surface area contributed by atoms with Gasteiger partial charge in [-0.15, -0.1) is 0 Å². The number of dihydropyridines is 1. The Kier molecular flexibility index (Phi) is 9.36. The molecule has 1 unspecified atom stereocenters. The van der Waals surface area contributed by atoms with Crippen molar-refractivity contribution in [2.24, 2.45) is 0 Å². The highest BCUT2D eigenvalue weighted by atomic mass is 16.6. The smallest absolute Gasteiger partial charge is 0.337 e. The van der Waals surface area contributed by atoms with Crippen LogP contribution in [0.4, 0.5) is 0 Å². The summed E-state index contributed by atoms with van der Waals surface area (Å²) in [7, 11) is 1.52. The average Bonchev–Trinajstić information content (AvgIpc) is 2.86. The Labute approximate surface area is 211 Å². The number of nitrogens with one attached hydrogen (secondary N) is 1. The van der Waals surface area contributed by atoms with E-state index < -0.39 is 17.9 Å². The van der Waals surface area contributed by atoms with Crippen molar-refractivity contribution in [2.45, 2.75) is 26.7 Å². The summed E-state index contributed by atoms with van der Waals surface area (Å²) in [5.41, 5.74) is 3.78. The zero-order chi connectivity index (χ0) is 26.1. The van der Waals surface area contributed by atoms with E-state index in [1.807, 2.05) is 36.4 Å². The summed E-state index contributed by atoms with van der Waals surface area (Å²) >= 11 is 0. The van der Waals surface area contributed by atoms with Gasteiger partial charge in [-0.2, -0.15) is 0 Å². The number of hydrogen-bond donors (Lipinski definition) is 1. The van der Waals surface area contributed by atoms with Gasteiger partial charge in [0.15, 0.2) is 5.78 Å². The first-order valence-corrected chi connectivity index (χ1v) is 11.7. The predicted octanol–water partition coefficient (Wildman–Crippen LogP) is 4.57. The zero-order valence-corrected chi connectivity index (χ0v) is 21.0. The maximum atomic E-state index is 13.3. The molecule has 36 heavy (non-hydrogen) atoms. The van der Waals surface area contributed by atoms with E-state index in [2.05, 4.69) is 5.32 Å². The fourth-order valence-electron chi connectivity index (χ4n) is 4.05. The molecule has 1 heterocycles. The van der Waals surface area contributed by atoms with Crippen molar-refractivity contribution in [3.8, 4) is 0 Å². The van der Waals surface area contributed by atoms with Gasteiger partial charge in [-0.3, -0.25) is 4.79 Å².